The van der Waals surface area contributed by atoms with Gasteiger partial charge in [0.2, 0.25) is 5.91 Å². The van der Waals surface area contributed by atoms with E-state index in [9.17, 15) is 4.79 Å². The van der Waals surface area contributed by atoms with Crippen molar-refractivity contribution in [2.75, 3.05) is 18.4 Å². The van der Waals surface area contributed by atoms with Crippen LogP contribution < -0.4 is 16.1 Å². The predicted octanol–water partition coefficient (Wildman–Crippen LogP) is 1.24. The second-order valence-corrected chi connectivity index (χ2v) is 6.93. The molecule has 0 bridgehead atoms. The summed E-state index contributed by atoms with van der Waals surface area (Å²) in [7, 11) is -0.403. The summed E-state index contributed by atoms with van der Waals surface area (Å²) in [5.41, 5.74) is 1.20. The second-order valence-electron chi connectivity index (χ2n) is 6.93. The van der Waals surface area contributed by atoms with Crippen LogP contribution in [0.25, 0.3) is 0 Å². The van der Waals surface area contributed by atoms with Crippen molar-refractivity contribution < 1.29 is 14.1 Å². The van der Waals surface area contributed by atoms with Crippen LogP contribution in [0.2, 0.25) is 0 Å². The zero-order chi connectivity index (χ0) is 17.3. The minimum absolute atomic E-state index is 0.0346. The molecule has 2 heterocycles. The number of aryl methyl sites for hydroxylation is 1. The van der Waals surface area contributed by atoms with Crippen molar-refractivity contribution in [1.29, 1.82) is 0 Å². The standard InChI is InChI=1S/C16H26BN3O3/c1-11-9-13(17-22-15(3,4)16(5,6)23-17)10-20-14(11)19-8-7-18-12(2)21/h9-10H,7-8H2,1-6H3,(H,18,21)(H,19,20). The number of nitrogens with zero attached hydrogens (tertiary/aromatic N) is 1. The quantitative estimate of drug-likeness (QED) is 0.631. The monoisotopic (exact) mass is 319 g/mol. The molecule has 2 rings (SSSR count). The Kier molecular flexibility index (Phi) is 5.01. The highest BCUT2D eigenvalue weighted by molar-refractivity contribution is 6.62. The zero-order valence-electron chi connectivity index (χ0n) is 14.8. The third-order valence-corrected chi connectivity index (χ3v) is 4.42. The summed E-state index contributed by atoms with van der Waals surface area (Å²) in [5.74, 6) is 0.767. The number of pyridine rings is 1. The molecule has 0 aromatic carbocycles. The summed E-state index contributed by atoms with van der Waals surface area (Å²) < 4.78 is 12.1. The van der Waals surface area contributed by atoms with Gasteiger partial charge in [-0.05, 0) is 40.2 Å². The second kappa shape index (κ2) is 6.49. The Morgan fingerprint density at radius 3 is 2.35 bits per heavy atom. The van der Waals surface area contributed by atoms with E-state index in [1.54, 1.807) is 6.20 Å². The van der Waals surface area contributed by atoms with Crippen LogP contribution in [0.3, 0.4) is 0 Å². The van der Waals surface area contributed by atoms with Crippen molar-refractivity contribution in [2.24, 2.45) is 0 Å². The van der Waals surface area contributed by atoms with E-state index in [4.69, 9.17) is 9.31 Å². The largest absolute Gasteiger partial charge is 0.496 e. The van der Waals surface area contributed by atoms with Crippen LogP contribution in [-0.2, 0) is 14.1 Å². The number of aromatic nitrogens is 1. The van der Waals surface area contributed by atoms with Gasteiger partial charge in [0.15, 0.2) is 0 Å². The van der Waals surface area contributed by atoms with E-state index >= 15 is 0 Å². The lowest BCUT2D eigenvalue weighted by Crippen LogP contribution is -2.41. The van der Waals surface area contributed by atoms with Crippen LogP contribution in [-0.4, -0.2) is 42.3 Å². The summed E-state index contributed by atoms with van der Waals surface area (Å²) in [6.07, 6.45) is 1.77. The minimum atomic E-state index is -0.403. The average molecular weight is 319 g/mol. The highest BCUT2D eigenvalue weighted by Crippen LogP contribution is 2.36. The molecule has 1 saturated heterocycles. The fraction of sp³-hybridized carbons (Fsp3) is 0.625. The maximum absolute atomic E-state index is 10.8. The van der Waals surface area contributed by atoms with Gasteiger partial charge in [-0.15, -0.1) is 0 Å². The Balaban J connectivity index is 2.01. The molecule has 126 valence electrons. The van der Waals surface area contributed by atoms with Gasteiger partial charge in [-0.2, -0.15) is 0 Å². The van der Waals surface area contributed by atoms with Gasteiger partial charge in [-0.1, -0.05) is 6.07 Å². The lowest BCUT2D eigenvalue weighted by Gasteiger charge is -2.32. The Morgan fingerprint density at radius 2 is 1.83 bits per heavy atom. The molecule has 0 aliphatic carbocycles. The van der Waals surface area contributed by atoms with Crippen molar-refractivity contribution in [3.63, 3.8) is 0 Å². The van der Waals surface area contributed by atoms with E-state index < -0.39 is 7.12 Å². The topological polar surface area (TPSA) is 72.5 Å². The maximum atomic E-state index is 10.8. The number of carbonyl (C=O) groups excluding carboxylic acids is 1. The fourth-order valence-electron chi connectivity index (χ4n) is 2.31. The van der Waals surface area contributed by atoms with Crippen molar-refractivity contribution in [3.05, 3.63) is 17.8 Å². The molecule has 7 heteroatoms. The van der Waals surface area contributed by atoms with E-state index in [2.05, 4.69) is 15.6 Å². The lowest BCUT2D eigenvalue weighted by molar-refractivity contribution is -0.118. The Bertz CT molecular complexity index is 574. The zero-order valence-corrected chi connectivity index (χ0v) is 14.8. The van der Waals surface area contributed by atoms with Crippen molar-refractivity contribution in [1.82, 2.24) is 10.3 Å². The predicted molar refractivity (Wildman–Crippen MR) is 91.9 cm³/mol. The average Bonchev–Trinajstić information content (AvgIpc) is 2.64. The van der Waals surface area contributed by atoms with Gasteiger partial charge in [0, 0.05) is 31.7 Å². The lowest BCUT2D eigenvalue weighted by atomic mass is 9.80. The van der Waals surface area contributed by atoms with E-state index in [0.29, 0.717) is 13.1 Å². The van der Waals surface area contributed by atoms with Crippen LogP contribution in [0, 0.1) is 6.92 Å². The Morgan fingerprint density at radius 1 is 1.22 bits per heavy atom. The number of hydrogen-bond donors (Lipinski definition) is 2. The van der Waals surface area contributed by atoms with E-state index in [0.717, 1.165) is 16.8 Å². The van der Waals surface area contributed by atoms with Crippen LogP contribution >= 0.6 is 0 Å². The SMILES string of the molecule is CC(=O)NCCNc1ncc(B2OC(C)(C)C(C)(C)O2)cc1C. The molecule has 1 fully saturated rings. The summed E-state index contributed by atoms with van der Waals surface area (Å²) >= 11 is 0. The first-order valence-corrected chi connectivity index (χ1v) is 7.93. The van der Waals surface area contributed by atoms with Crippen molar-refractivity contribution >= 4 is 24.3 Å². The molecular weight excluding hydrogens is 293 g/mol. The summed E-state index contributed by atoms with van der Waals surface area (Å²) in [6, 6.07) is 2.02. The molecular formula is C16H26BN3O3. The molecule has 23 heavy (non-hydrogen) atoms. The van der Waals surface area contributed by atoms with E-state index in [-0.39, 0.29) is 17.1 Å². The first kappa shape index (κ1) is 17.8. The van der Waals surface area contributed by atoms with Gasteiger partial charge in [0.05, 0.1) is 11.2 Å². The van der Waals surface area contributed by atoms with E-state index in [1.165, 1.54) is 6.92 Å². The van der Waals surface area contributed by atoms with Gasteiger partial charge < -0.3 is 19.9 Å². The molecule has 2 N–H and O–H groups in total. The minimum Gasteiger partial charge on any atom is -0.399 e. The third-order valence-electron chi connectivity index (χ3n) is 4.42. The Hall–Kier alpha value is -1.60. The van der Waals surface area contributed by atoms with Crippen LogP contribution in [0.1, 0.15) is 40.2 Å². The van der Waals surface area contributed by atoms with Gasteiger partial charge in [0.1, 0.15) is 5.82 Å². The Labute approximate surface area is 138 Å². The molecule has 6 nitrogen and oxygen atoms in total. The summed E-state index contributed by atoms with van der Waals surface area (Å²) in [4.78, 5) is 15.3. The summed E-state index contributed by atoms with van der Waals surface area (Å²) in [5, 5.41) is 5.95. The van der Waals surface area contributed by atoms with Gasteiger partial charge >= 0.3 is 7.12 Å². The summed E-state index contributed by atoms with van der Waals surface area (Å²) in [6.45, 7) is 12.8. The number of anilines is 1. The van der Waals surface area contributed by atoms with Crippen LogP contribution in [0.5, 0.6) is 0 Å². The molecule has 0 radical (unpaired) electrons. The molecule has 1 aromatic heterocycles. The van der Waals surface area contributed by atoms with Crippen molar-refractivity contribution in [2.45, 2.75) is 52.7 Å². The molecule has 0 unspecified atom stereocenters. The number of carbonyl (C=O) groups is 1. The first-order valence-electron chi connectivity index (χ1n) is 7.93. The molecule has 1 aliphatic rings. The molecule has 0 atom stereocenters. The van der Waals surface area contributed by atoms with Crippen molar-refractivity contribution in [3.8, 4) is 0 Å². The normalized spacial score (nSPS) is 18.8. The smallest absolute Gasteiger partial charge is 0.399 e. The maximum Gasteiger partial charge on any atom is 0.496 e. The van der Waals surface area contributed by atoms with Gasteiger partial charge in [-0.25, -0.2) is 4.98 Å². The number of amides is 1. The molecule has 0 spiro atoms. The number of hydrogen-bond acceptors (Lipinski definition) is 5. The first-order chi connectivity index (χ1) is 10.6. The van der Waals surface area contributed by atoms with Crippen LogP contribution in [0.4, 0.5) is 5.82 Å². The molecule has 0 saturated carbocycles. The van der Waals surface area contributed by atoms with Gasteiger partial charge in [0.25, 0.3) is 0 Å². The number of rotatable bonds is 5. The highest BCUT2D eigenvalue weighted by atomic mass is 16.7. The van der Waals surface area contributed by atoms with E-state index in [1.807, 2.05) is 40.7 Å². The molecule has 1 aromatic rings. The molecule has 1 amide bonds. The fourth-order valence-corrected chi connectivity index (χ4v) is 2.31. The number of nitrogens with one attached hydrogen (secondary N) is 2. The highest BCUT2D eigenvalue weighted by Gasteiger charge is 2.51. The third kappa shape index (κ3) is 4.03. The van der Waals surface area contributed by atoms with Crippen LogP contribution in [0.15, 0.2) is 12.3 Å². The van der Waals surface area contributed by atoms with Gasteiger partial charge in [-0.3, -0.25) is 4.79 Å². The molecule has 1 aliphatic heterocycles.